The SMILES string of the molecule is CCOC(=O)[C@H](O)[C@H](C(N)=O)N1C(=O)c2ccccc2C1=O. The van der Waals surface area contributed by atoms with E-state index in [9.17, 15) is 24.3 Å². The van der Waals surface area contributed by atoms with Crippen molar-refractivity contribution in [3.8, 4) is 0 Å². The molecule has 0 radical (unpaired) electrons. The van der Waals surface area contributed by atoms with Crippen LogP contribution in [0.2, 0.25) is 0 Å². The van der Waals surface area contributed by atoms with Crippen LogP contribution in [0.15, 0.2) is 24.3 Å². The van der Waals surface area contributed by atoms with Crippen molar-refractivity contribution in [2.45, 2.75) is 19.1 Å². The number of nitrogens with zero attached hydrogens (tertiary/aromatic N) is 1. The standard InChI is InChI=1S/C14H14N2O6/c1-2-22-14(21)10(17)9(11(15)18)16-12(19)7-5-3-4-6-8(7)13(16)20/h3-6,9-10,17H,2H2,1H3,(H2,15,18)/t9-,10-/m1/s1. The molecule has 8 nitrogen and oxygen atoms in total. The molecule has 0 saturated carbocycles. The zero-order valence-corrected chi connectivity index (χ0v) is 11.7. The van der Waals surface area contributed by atoms with E-state index in [-0.39, 0.29) is 17.7 Å². The zero-order valence-electron chi connectivity index (χ0n) is 11.7. The maximum atomic E-state index is 12.3. The summed E-state index contributed by atoms with van der Waals surface area (Å²) in [6, 6.07) is 4.09. The quantitative estimate of drug-likeness (QED) is 0.534. The lowest BCUT2D eigenvalue weighted by Gasteiger charge is -2.26. The fourth-order valence-electron chi connectivity index (χ4n) is 2.24. The molecule has 0 aromatic heterocycles. The second-order valence-corrected chi connectivity index (χ2v) is 4.57. The number of aliphatic hydroxyl groups is 1. The van der Waals surface area contributed by atoms with E-state index in [0.717, 1.165) is 0 Å². The molecule has 1 aromatic rings. The highest BCUT2D eigenvalue weighted by Crippen LogP contribution is 2.25. The molecule has 1 aliphatic rings. The van der Waals surface area contributed by atoms with Gasteiger partial charge in [-0.05, 0) is 19.1 Å². The first-order valence-electron chi connectivity index (χ1n) is 6.51. The Hall–Kier alpha value is -2.74. The lowest BCUT2D eigenvalue weighted by Crippen LogP contribution is -2.56. The van der Waals surface area contributed by atoms with Crippen molar-refractivity contribution in [2.75, 3.05) is 6.61 Å². The van der Waals surface area contributed by atoms with Crippen LogP contribution >= 0.6 is 0 Å². The van der Waals surface area contributed by atoms with Crippen molar-refractivity contribution < 1.29 is 29.0 Å². The topological polar surface area (TPSA) is 127 Å². The van der Waals surface area contributed by atoms with Crippen molar-refractivity contribution in [3.63, 3.8) is 0 Å². The smallest absolute Gasteiger partial charge is 0.337 e. The lowest BCUT2D eigenvalue weighted by molar-refractivity contribution is -0.158. The maximum Gasteiger partial charge on any atom is 0.337 e. The number of nitrogens with two attached hydrogens (primary N) is 1. The molecule has 0 fully saturated rings. The fourth-order valence-corrected chi connectivity index (χ4v) is 2.24. The third-order valence-corrected chi connectivity index (χ3v) is 3.22. The van der Waals surface area contributed by atoms with Crippen LogP contribution in [-0.4, -0.2) is 52.4 Å². The molecule has 1 heterocycles. The minimum Gasteiger partial charge on any atom is -0.464 e. The van der Waals surface area contributed by atoms with Gasteiger partial charge in [0.05, 0.1) is 17.7 Å². The van der Waals surface area contributed by atoms with Gasteiger partial charge in [0.2, 0.25) is 5.91 Å². The predicted molar refractivity (Wildman–Crippen MR) is 72.6 cm³/mol. The number of benzene rings is 1. The van der Waals surface area contributed by atoms with Gasteiger partial charge in [-0.25, -0.2) is 4.79 Å². The molecule has 8 heteroatoms. The Balaban J connectivity index is 2.39. The normalized spacial score (nSPS) is 16.2. The van der Waals surface area contributed by atoms with Crippen LogP contribution in [0.5, 0.6) is 0 Å². The molecule has 0 bridgehead atoms. The summed E-state index contributed by atoms with van der Waals surface area (Å²) < 4.78 is 4.60. The molecule has 0 aliphatic carbocycles. The molecule has 0 spiro atoms. The van der Waals surface area contributed by atoms with Crippen molar-refractivity contribution in [2.24, 2.45) is 5.73 Å². The number of esters is 1. The van der Waals surface area contributed by atoms with Crippen LogP contribution in [0.1, 0.15) is 27.6 Å². The predicted octanol–water partition coefficient (Wildman–Crippen LogP) is -0.939. The van der Waals surface area contributed by atoms with Crippen molar-refractivity contribution in [1.82, 2.24) is 4.90 Å². The first-order valence-corrected chi connectivity index (χ1v) is 6.51. The number of carbonyl (C=O) groups is 4. The van der Waals surface area contributed by atoms with Crippen molar-refractivity contribution >= 4 is 23.7 Å². The number of rotatable bonds is 5. The van der Waals surface area contributed by atoms with Gasteiger partial charge in [-0.3, -0.25) is 19.3 Å². The number of fused-ring (bicyclic) bond motifs is 1. The summed E-state index contributed by atoms with van der Waals surface area (Å²) in [5, 5.41) is 9.93. The van der Waals surface area contributed by atoms with Gasteiger partial charge < -0.3 is 15.6 Å². The number of hydrogen-bond acceptors (Lipinski definition) is 6. The third kappa shape index (κ3) is 2.44. The van der Waals surface area contributed by atoms with Gasteiger partial charge in [0.15, 0.2) is 12.1 Å². The lowest BCUT2D eigenvalue weighted by atomic mass is 10.1. The van der Waals surface area contributed by atoms with Gasteiger partial charge in [-0.2, -0.15) is 0 Å². The molecule has 3 amide bonds. The Morgan fingerprint density at radius 2 is 1.73 bits per heavy atom. The second-order valence-electron chi connectivity index (χ2n) is 4.57. The molecule has 116 valence electrons. The molecule has 1 aliphatic heterocycles. The van der Waals surface area contributed by atoms with E-state index >= 15 is 0 Å². The molecule has 0 unspecified atom stereocenters. The van der Waals surface area contributed by atoms with E-state index in [1.807, 2.05) is 0 Å². The minimum atomic E-state index is -2.04. The monoisotopic (exact) mass is 306 g/mol. The van der Waals surface area contributed by atoms with Crippen LogP contribution < -0.4 is 5.73 Å². The van der Waals surface area contributed by atoms with E-state index in [0.29, 0.717) is 4.90 Å². The number of hydrogen-bond donors (Lipinski definition) is 2. The summed E-state index contributed by atoms with van der Waals surface area (Å²) in [5.41, 5.74) is 5.31. The van der Waals surface area contributed by atoms with E-state index in [1.165, 1.54) is 19.1 Å². The van der Waals surface area contributed by atoms with Crippen LogP contribution in [0.3, 0.4) is 0 Å². The Kier molecular flexibility index (Phi) is 4.22. The van der Waals surface area contributed by atoms with E-state index < -0.39 is 35.8 Å². The molecule has 22 heavy (non-hydrogen) atoms. The van der Waals surface area contributed by atoms with Crippen molar-refractivity contribution in [3.05, 3.63) is 35.4 Å². The number of primary amides is 1. The highest BCUT2D eigenvalue weighted by atomic mass is 16.5. The summed E-state index contributed by atoms with van der Waals surface area (Å²) in [6.07, 6.45) is -2.04. The highest BCUT2D eigenvalue weighted by Gasteiger charge is 2.47. The average molecular weight is 306 g/mol. The fraction of sp³-hybridized carbons (Fsp3) is 0.286. The molecule has 3 N–H and O–H groups in total. The average Bonchev–Trinajstić information content (AvgIpc) is 2.73. The van der Waals surface area contributed by atoms with E-state index in [1.54, 1.807) is 12.1 Å². The molecule has 0 saturated heterocycles. The maximum absolute atomic E-state index is 12.3. The highest BCUT2D eigenvalue weighted by molar-refractivity contribution is 6.23. The summed E-state index contributed by atoms with van der Waals surface area (Å²) >= 11 is 0. The van der Waals surface area contributed by atoms with Gasteiger partial charge in [-0.1, -0.05) is 12.1 Å². The number of amides is 3. The van der Waals surface area contributed by atoms with Crippen LogP contribution in [0, 0.1) is 0 Å². The second kappa shape index (κ2) is 5.94. The molecular weight excluding hydrogens is 292 g/mol. The summed E-state index contributed by atoms with van der Waals surface area (Å²) in [5.74, 6) is -3.92. The van der Waals surface area contributed by atoms with Crippen molar-refractivity contribution in [1.29, 1.82) is 0 Å². The largest absolute Gasteiger partial charge is 0.464 e. The van der Waals surface area contributed by atoms with Crippen LogP contribution in [0.4, 0.5) is 0 Å². The van der Waals surface area contributed by atoms with Gasteiger partial charge in [0.1, 0.15) is 0 Å². The molecule has 2 rings (SSSR count). The number of aliphatic hydroxyl groups excluding tert-OH is 1. The first kappa shape index (κ1) is 15.6. The van der Waals surface area contributed by atoms with Crippen LogP contribution in [0.25, 0.3) is 0 Å². The van der Waals surface area contributed by atoms with Gasteiger partial charge >= 0.3 is 5.97 Å². The Bertz CT molecular complexity index is 621. The van der Waals surface area contributed by atoms with Crippen LogP contribution in [-0.2, 0) is 14.3 Å². The summed E-state index contributed by atoms with van der Waals surface area (Å²) in [7, 11) is 0. The third-order valence-electron chi connectivity index (χ3n) is 3.22. The summed E-state index contributed by atoms with van der Waals surface area (Å²) in [4.78, 5) is 48.2. The minimum absolute atomic E-state index is 0.0382. The van der Waals surface area contributed by atoms with Gasteiger partial charge in [-0.15, -0.1) is 0 Å². The molecule has 2 atom stereocenters. The number of carbonyl (C=O) groups excluding carboxylic acids is 4. The number of imide groups is 1. The molecular formula is C14H14N2O6. The van der Waals surface area contributed by atoms with E-state index in [4.69, 9.17) is 5.73 Å². The summed E-state index contributed by atoms with van der Waals surface area (Å²) in [6.45, 7) is 1.47. The number of ether oxygens (including phenoxy) is 1. The van der Waals surface area contributed by atoms with Gasteiger partial charge in [0.25, 0.3) is 11.8 Å². The Morgan fingerprint density at radius 3 is 2.14 bits per heavy atom. The van der Waals surface area contributed by atoms with Gasteiger partial charge in [0, 0.05) is 0 Å². The first-order chi connectivity index (χ1) is 10.4. The zero-order chi connectivity index (χ0) is 16.4. The Morgan fingerprint density at radius 1 is 1.23 bits per heavy atom. The molecule has 1 aromatic carbocycles. The van der Waals surface area contributed by atoms with E-state index in [2.05, 4.69) is 4.74 Å². The Labute approximate surface area is 125 Å².